The second-order valence-electron chi connectivity index (χ2n) is 17.2. The molecule has 0 aromatic heterocycles. The number of unbranched alkanes of at least 4 members (excludes halogenated alkanes) is 28. The van der Waals surface area contributed by atoms with Crippen molar-refractivity contribution in [3.05, 3.63) is 36.5 Å². The van der Waals surface area contributed by atoms with Gasteiger partial charge < -0.3 is 24.6 Å². The van der Waals surface area contributed by atoms with Gasteiger partial charge in [0, 0.05) is 12.8 Å². The zero-order valence-electron chi connectivity index (χ0n) is 39.8. The molecule has 0 spiro atoms. The Bertz CT molecular complexity index is 1130. The fourth-order valence-corrected chi connectivity index (χ4v) is 7.91. The summed E-state index contributed by atoms with van der Waals surface area (Å²) >= 11 is 0. The first-order valence-electron chi connectivity index (χ1n) is 25.4. The molecule has 364 valence electrons. The van der Waals surface area contributed by atoms with Crippen LogP contribution in [0, 0.1) is 0 Å². The second-order valence-corrected chi connectivity index (χ2v) is 18.7. The van der Waals surface area contributed by atoms with Crippen LogP contribution in [0.1, 0.15) is 239 Å². The molecule has 3 N–H and O–H groups in total. The summed E-state index contributed by atoms with van der Waals surface area (Å²) in [4.78, 5) is 35.1. The summed E-state index contributed by atoms with van der Waals surface area (Å²) in [6.45, 7) is 2.37. The average molecular weight is 899 g/mol. The highest BCUT2D eigenvalue weighted by molar-refractivity contribution is 7.47. The fraction of sp³-hybridized carbons (Fsp3) is 0.843. The Balaban J connectivity index is 4.18. The Labute approximate surface area is 380 Å². The molecule has 0 aliphatic heterocycles. The standard InChI is InChI=1S/C51H95O10P/c1-3-5-7-9-11-13-15-17-19-21-22-23-24-25-27-29-31-33-35-37-39-41-43-51(55)61-49(47-60-62(56,57)59-45-48(53)44-52)46-58-50(54)42-40-38-36-34-32-30-28-26-20-18-16-14-12-10-8-6-4-2/h12,14,18,20,28,30,48-49,52-53H,3-11,13,15-17,19,21-27,29,31-47H2,1-2H3,(H,56,57)/b14-12+,20-18+,30-28+/t48-,49+/m0/s1. The molecular weight excluding hydrogens is 804 g/mol. The first kappa shape index (κ1) is 60.2. The van der Waals surface area contributed by atoms with E-state index in [1.165, 1.54) is 141 Å². The molecule has 0 aliphatic carbocycles. The molecule has 0 bridgehead atoms. The Morgan fingerprint density at radius 1 is 0.484 bits per heavy atom. The van der Waals surface area contributed by atoms with Crippen LogP contribution in [-0.2, 0) is 32.7 Å². The summed E-state index contributed by atoms with van der Waals surface area (Å²) in [7, 11) is -4.63. The molecule has 1 unspecified atom stereocenters. The third-order valence-electron chi connectivity index (χ3n) is 11.0. The average Bonchev–Trinajstić information content (AvgIpc) is 3.26. The predicted molar refractivity (Wildman–Crippen MR) is 256 cm³/mol. The van der Waals surface area contributed by atoms with Crippen LogP contribution in [0.15, 0.2) is 36.5 Å². The fourth-order valence-electron chi connectivity index (χ4n) is 7.12. The van der Waals surface area contributed by atoms with Crippen molar-refractivity contribution >= 4 is 19.8 Å². The molecule has 0 aliphatic rings. The minimum absolute atomic E-state index is 0.183. The summed E-state index contributed by atoms with van der Waals surface area (Å²) in [6.07, 6.45) is 51.1. The van der Waals surface area contributed by atoms with Crippen molar-refractivity contribution in [2.24, 2.45) is 0 Å². The topological polar surface area (TPSA) is 149 Å². The lowest BCUT2D eigenvalue weighted by molar-refractivity contribution is -0.161. The molecule has 0 saturated carbocycles. The van der Waals surface area contributed by atoms with Gasteiger partial charge in [0.25, 0.3) is 0 Å². The summed E-state index contributed by atoms with van der Waals surface area (Å²) < 4.78 is 32.8. The minimum Gasteiger partial charge on any atom is -0.462 e. The van der Waals surface area contributed by atoms with Crippen LogP contribution in [-0.4, -0.2) is 65.7 Å². The number of phosphoric acid groups is 1. The van der Waals surface area contributed by atoms with Crippen molar-refractivity contribution in [2.75, 3.05) is 26.4 Å². The molecule has 0 aromatic carbocycles. The largest absolute Gasteiger partial charge is 0.472 e. The number of ether oxygens (including phenoxy) is 2. The number of carbonyl (C=O) groups is 2. The first-order chi connectivity index (χ1) is 30.2. The van der Waals surface area contributed by atoms with Crippen LogP contribution in [0.2, 0.25) is 0 Å². The smallest absolute Gasteiger partial charge is 0.462 e. The number of aliphatic hydroxyl groups excluding tert-OH is 2. The van der Waals surface area contributed by atoms with E-state index in [-0.39, 0.29) is 19.4 Å². The van der Waals surface area contributed by atoms with Gasteiger partial charge in [-0.1, -0.05) is 211 Å². The quantitative estimate of drug-likeness (QED) is 0.0233. The van der Waals surface area contributed by atoms with Crippen LogP contribution in [0.3, 0.4) is 0 Å². The Morgan fingerprint density at radius 3 is 1.29 bits per heavy atom. The lowest BCUT2D eigenvalue weighted by Crippen LogP contribution is -2.29. The third kappa shape index (κ3) is 46.2. The van der Waals surface area contributed by atoms with Crippen LogP contribution in [0.25, 0.3) is 0 Å². The highest BCUT2D eigenvalue weighted by Crippen LogP contribution is 2.43. The molecule has 0 radical (unpaired) electrons. The van der Waals surface area contributed by atoms with Crippen molar-refractivity contribution in [1.82, 2.24) is 0 Å². The highest BCUT2D eigenvalue weighted by atomic mass is 31.2. The molecule has 0 fully saturated rings. The van der Waals surface area contributed by atoms with E-state index in [2.05, 4.69) is 50.3 Å². The molecular formula is C51H95O10P. The van der Waals surface area contributed by atoms with Gasteiger partial charge in [-0.05, 0) is 51.4 Å². The normalized spacial score (nSPS) is 14.0. The van der Waals surface area contributed by atoms with Crippen LogP contribution in [0.5, 0.6) is 0 Å². The van der Waals surface area contributed by atoms with Crippen LogP contribution >= 0.6 is 7.82 Å². The maximum Gasteiger partial charge on any atom is 0.472 e. The summed E-state index contributed by atoms with van der Waals surface area (Å²) in [5.74, 6) is -0.940. The van der Waals surface area contributed by atoms with Gasteiger partial charge in [0.1, 0.15) is 12.7 Å². The number of rotatable bonds is 48. The number of esters is 2. The Morgan fingerprint density at radius 2 is 0.839 bits per heavy atom. The summed E-state index contributed by atoms with van der Waals surface area (Å²) in [6, 6.07) is 0. The van der Waals surface area contributed by atoms with Gasteiger partial charge in [-0.3, -0.25) is 18.6 Å². The van der Waals surface area contributed by atoms with E-state index >= 15 is 0 Å². The number of hydrogen-bond acceptors (Lipinski definition) is 9. The maximum absolute atomic E-state index is 12.7. The molecule has 10 nitrogen and oxygen atoms in total. The van der Waals surface area contributed by atoms with Crippen molar-refractivity contribution in [1.29, 1.82) is 0 Å². The number of aliphatic hydroxyl groups is 2. The predicted octanol–water partition coefficient (Wildman–Crippen LogP) is 14.3. The van der Waals surface area contributed by atoms with Crippen molar-refractivity contribution in [3.63, 3.8) is 0 Å². The Hall–Kier alpha value is -1.81. The lowest BCUT2D eigenvalue weighted by atomic mass is 10.0. The van der Waals surface area contributed by atoms with Gasteiger partial charge in [-0.15, -0.1) is 0 Å². The van der Waals surface area contributed by atoms with E-state index in [0.29, 0.717) is 12.8 Å². The Kier molecular flexibility index (Phi) is 45.8. The highest BCUT2D eigenvalue weighted by Gasteiger charge is 2.27. The molecule has 0 aromatic rings. The number of hydrogen-bond donors (Lipinski definition) is 3. The van der Waals surface area contributed by atoms with Gasteiger partial charge in [0.05, 0.1) is 19.8 Å². The SMILES string of the molecule is CCCCC/C=C/C/C=C/C/C=C/CCCCCCC(=O)OC[C@H](COP(=O)(O)OC[C@@H](O)CO)OC(=O)CCCCCCCCCCCCCCCCCCCCCCCC. The zero-order chi connectivity index (χ0) is 45.5. The van der Waals surface area contributed by atoms with E-state index in [1.807, 2.05) is 0 Å². The van der Waals surface area contributed by atoms with Crippen molar-refractivity contribution in [2.45, 2.75) is 251 Å². The van der Waals surface area contributed by atoms with E-state index < -0.39 is 51.8 Å². The number of allylic oxidation sites excluding steroid dienone is 6. The zero-order valence-corrected chi connectivity index (χ0v) is 40.7. The van der Waals surface area contributed by atoms with Gasteiger partial charge in [0.15, 0.2) is 6.10 Å². The number of phosphoric ester groups is 1. The van der Waals surface area contributed by atoms with E-state index in [0.717, 1.165) is 57.8 Å². The third-order valence-corrected chi connectivity index (χ3v) is 12.0. The molecule has 0 amide bonds. The molecule has 0 saturated heterocycles. The number of carbonyl (C=O) groups excluding carboxylic acids is 2. The molecule has 0 rings (SSSR count). The monoisotopic (exact) mass is 899 g/mol. The molecule has 0 heterocycles. The van der Waals surface area contributed by atoms with Gasteiger partial charge in [-0.25, -0.2) is 4.57 Å². The van der Waals surface area contributed by atoms with Gasteiger partial charge >= 0.3 is 19.8 Å². The van der Waals surface area contributed by atoms with Crippen molar-refractivity contribution < 1.29 is 47.8 Å². The second kappa shape index (κ2) is 47.2. The van der Waals surface area contributed by atoms with Gasteiger partial charge in [0.2, 0.25) is 0 Å². The van der Waals surface area contributed by atoms with Crippen molar-refractivity contribution in [3.8, 4) is 0 Å². The van der Waals surface area contributed by atoms with E-state index in [9.17, 15) is 24.2 Å². The summed E-state index contributed by atoms with van der Waals surface area (Å²) in [5, 5.41) is 18.4. The molecule has 62 heavy (non-hydrogen) atoms. The van der Waals surface area contributed by atoms with Crippen LogP contribution < -0.4 is 0 Å². The first-order valence-corrected chi connectivity index (χ1v) is 26.9. The van der Waals surface area contributed by atoms with E-state index in [4.69, 9.17) is 23.6 Å². The lowest BCUT2D eigenvalue weighted by Gasteiger charge is -2.20. The van der Waals surface area contributed by atoms with Gasteiger partial charge in [-0.2, -0.15) is 0 Å². The van der Waals surface area contributed by atoms with Crippen LogP contribution in [0.4, 0.5) is 0 Å². The summed E-state index contributed by atoms with van der Waals surface area (Å²) in [5.41, 5.74) is 0. The minimum atomic E-state index is -4.63. The maximum atomic E-state index is 12.7. The van der Waals surface area contributed by atoms with E-state index in [1.54, 1.807) is 0 Å². The molecule has 3 atom stereocenters. The molecule has 11 heteroatoms.